The topological polar surface area (TPSA) is 0 Å². The van der Waals surface area contributed by atoms with Gasteiger partial charge in [-0.1, -0.05) is 70.5 Å². The Morgan fingerprint density at radius 2 is 1.95 bits per heavy atom. The average molecular weight is 258 g/mol. The van der Waals surface area contributed by atoms with Gasteiger partial charge in [0.1, 0.15) is 0 Å². The SMILES string of the molecule is C=C(C)c1cccc(CCCC(C)CC(C)(C)C)c1. The monoisotopic (exact) mass is 258 g/mol. The average Bonchev–Trinajstić information content (AvgIpc) is 2.27. The van der Waals surface area contributed by atoms with E-state index in [-0.39, 0.29) is 0 Å². The van der Waals surface area contributed by atoms with E-state index in [2.05, 4.69) is 65.5 Å². The van der Waals surface area contributed by atoms with Crippen LogP contribution in [-0.2, 0) is 6.42 Å². The lowest BCUT2D eigenvalue weighted by Gasteiger charge is -2.23. The fourth-order valence-corrected chi connectivity index (χ4v) is 2.79. The van der Waals surface area contributed by atoms with Crippen molar-refractivity contribution >= 4 is 5.57 Å². The molecule has 0 aliphatic carbocycles. The Labute approximate surface area is 119 Å². The van der Waals surface area contributed by atoms with E-state index in [0.717, 1.165) is 11.5 Å². The number of rotatable bonds is 6. The third-order valence-corrected chi connectivity index (χ3v) is 3.54. The summed E-state index contributed by atoms with van der Waals surface area (Å²) >= 11 is 0. The van der Waals surface area contributed by atoms with Crippen molar-refractivity contribution in [3.8, 4) is 0 Å². The van der Waals surface area contributed by atoms with Gasteiger partial charge in [0.2, 0.25) is 0 Å². The number of hydrogen-bond acceptors (Lipinski definition) is 0. The highest BCUT2D eigenvalue weighted by Crippen LogP contribution is 2.27. The third-order valence-electron chi connectivity index (χ3n) is 3.54. The van der Waals surface area contributed by atoms with Crippen molar-refractivity contribution < 1.29 is 0 Å². The Morgan fingerprint density at radius 3 is 2.53 bits per heavy atom. The van der Waals surface area contributed by atoms with Crippen molar-refractivity contribution in [3.05, 3.63) is 42.0 Å². The fraction of sp³-hybridized carbons (Fsp3) is 0.579. The summed E-state index contributed by atoms with van der Waals surface area (Å²) in [5.41, 5.74) is 4.34. The lowest BCUT2D eigenvalue weighted by atomic mass is 9.83. The molecule has 0 heteroatoms. The summed E-state index contributed by atoms with van der Waals surface area (Å²) in [6, 6.07) is 8.82. The third kappa shape index (κ3) is 6.61. The largest absolute Gasteiger partial charge is 0.0955 e. The molecule has 1 aromatic carbocycles. The zero-order chi connectivity index (χ0) is 14.5. The lowest BCUT2D eigenvalue weighted by molar-refractivity contribution is 0.293. The van der Waals surface area contributed by atoms with Crippen LogP contribution in [0.1, 0.15) is 65.0 Å². The Kier molecular flexibility index (Phi) is 5.85. The van der Waals surface area contributed by atoms with E-state index in [1.54, 1.807) is 0 Å². The molecule has 0 radical (unpaired) electrons. The maximum absolute atomic E-state index is 4.02. The Morgan fingerprint density at radius 1 is 1.26 bits per heavy atom. The summed E-state index contributed by atoms with van der Waals surface area (Å²) in [6.07, 6.45) is 5.12. The van der Waals surface area contributed by atoms with Gasteiger partial charge >= 0.3 is 0 Å². The van der Waals surface area contributed by atoms with Crippen LogP contribution < -0.4 is 0 Å². The molecule has 0 amide bonds. The summed E-state index contributed by atoms with van der Waals surface area (Å²) in [6.45, 7) is 15.5. The van der Waals surface area contributed by atoms with Gasteiger partial charge in [-0.15, -0.1) is 0 Å². The van der Waals surface area contributed by atoms with Crippen LogP contribution in [0.25, 0.3) is 5.57 Å². The summed E-state index contributed by atoms with van der Waals surface area (Å²) in [5, 5.41) is 0. The first kappa shape index (κ1) is 16.0. The van der Waals surface area contributed by atoms with E-state index < -0.39 is 0 Å². The maximum Gasteiger partial charge on any atom is -0.0231 e. The second kappa shape index (κ2) is 6.93. The molecule has 0 aliphatic rings. The summed E-state index contributed by atoms with van der Waals surface area (Å²) in [4.78, 5) is 0. The summed E-state index contributed by atoms with van der Waals surface area (Å²) in [5.74, 6) is 0.823. The molecule has 0 nitrogen and oxygen atoms in total. The first-order valence-electron chi connectivity index (χ1n) is 7.53. The van der Waals surface area contributed by atoms with Gasteiger partial charge in [-0.25, -0.2) is 0 Å². The normalized spacial score (nSPS) is 13.3. The molecule has 0 spiro atoms. The molecular formula is C19H30. The highest BCUT2D eigenvalue weighted by atomic mass is 14.2. The van der Waals surface area contributed by atoms with E-state index in [1.165, 1.54) is 36.8 Å². The minimum absolute atomic E-state index is 0.458. The number of hydrogen-bond donors (Lipinski definition) is 0. The van der Waals surface area contributed by atoms with Gasteiger partial charge in [-0.2, -0.15) is 0 Å². The Bertz CT molecular complexity index is 406. The highest BCUT2D eigenvalue weighted by molar-refractivity contribution is 5.61. The van der Waals surface area contributed by atoms with Gasteiger partial charge in [0, 0.05) is 0 Å². The van der Waals surface area contributed by atoms with E-state index >= 15 is 0 Å². The van der Waals surface area contributed by atoms with Crippen LogP contribution in [0, 0.1) is 11.3 Å². The molecule has 0 N–H and O–H groups in total. The molecule has 19 heavy (non-hydrogen) atoms. The molecule has 0 aromatic heterocycles. The smallest absolute Gasteiger partial charge is 0.0231 e. The standard InChI is InChI=1S/C19H30/c1-15(2)18-12-8-11-17(13-18)10-7-9-16(3)14-19(4,5)6/h8,11-13,16H,1,7,9-10,14H2,2-6H3. The van der Waals surface area contributed by atoms with Crippen molar-refractivity contribution in [2.45, 2.75) is 60.3 Å². The predicted molar refractivity (Wildman–Crippen MR) is 87.3 cm³/mol. The highest BCUT2D eigenvalue weighted by Gasteiger charge is 2.14. The minimum Gasteiger partial charge on any atom is -0.0955 e. The van der Waals surface area contributed by atoms with Crippen LogP contribution >= 0.6 is 0 Å². The van der Waals surface area contributed by atoms with Crippen LogP contribution in [0.4, 0.5) is 0 Å². The van der Waals surface area contributed by atoms with Crippen LogP contribution in [0.5, 0.6) is 0 Å². The zero-order valence-electron chi connectivity index (χ0n) is 13.4. The number of allylic oxidation sites excluding steroid dienone is 1. The minimum atomic E-state index is 0.458. The molecule has 1 aromatic rings. The molecular weight excluding hydrogens is 228 g/mol. The lowest BCUT2D eigenvalue weighted by Crippen LogP contribution is -2.11. The molecule has 0 bridgehead atoms. The first-order chi connectivity index (χ1) is 8.78. The van der Waals surface area contributed by atoms with Crippen molar-refractivity contribution in [1.29, 1.82) is 0 Å². The van der Waals surface area contributed by atoms with Crippen LogP contribution in [0.15, 0.2) is 30.8 Å². The quantitative estimate of drug-likeness (QED) is 0.577. The van der Waals surface area contributed by atoms with Crippen LogP contribution in [0.3, 0.4) is 0 Å². The van der Waals surface area contributed by atoms with E-state index in [0.29, 0.717) is 5.41 Å². The van der Waals surface area contributed by atoms with Gasteiger partial charge in [0.15, 0.2) is 0 Å². The van der Waals surface area contributed by atoms with E-state index in [4.69, 9.17) is 0 Å². The van der Waals surface area contributed by atoms with Crippen molar-refractivity contribution in [2.75, 3.05) is 0 Å². The van der Waals surface area contributed by atoms with Crippen LogP contribution in [0.2, 0.25) is 0 Å². The fourth-order valence-electron chi connectivity index (χ4n) is 2.79. The molecule has 0 heterocycles. The van der Waals surface area contributed by atoms with Crippen molar-refractivity contribution in [3.63, 3.8) is 0 Å². The second-order valence-electron chi connectivity index (χ2n) is 7.24. The molecule has 0 saturated carbocycles. The Hall–Kier alpha value is -1.04. The van der Waals surface area contributed by atoms with Gasteiger partial charge in [-0.05, 0) is 48.6 Å². The molecule has 0 aliphatic heterocycles. The van der Waals surface area contributed by atoms with Gasteiger partial charge in [-0.3, -0.25) is 0 Å². The van der Waals surface area contributed by atoms with Gasteiger partial charge in [0.25, 0.3) is 0 Å². The molecule has 1 atom stereocenters. The van der Waals surface area contributed by atoms with Crippen molar-refractivity contribution in [1.82, 2.24) is 0 Å². The number of aryl methyl sites for hydroxylation is 1. The Balaban J connectivity index is 2.41. The van der Waals surface area contributed by atoms with Gasteiger partial charge < -0.3 is 0 Å². The maximum atomic E-state index is 4.02. The molecule has 0 saturated heterocycles. The number of benzene rings is 1. The van der Waals surface area contributed by atoms with E-state index in [9.17, 15) is 0 Å². The molecule has 1 unspecified atom stereocenters. The van der Waals surface area contributed by atoms with E-state index in [1.807, 2.05) is 0 Å². The summed E-state index contributed by atoms with van der Waals surface area (Å²) in [7, 11) is 0. The predicted octanol–water partition coefficient (Wildman–Crippen LogP) is 6.11. The first-order valence-corrected chi connectivity index (χ1v) is 7.53. The van der Waals surface area contributed by atoms with Crippen LogP contribution in [-0.4, -0.2) is 0 Å². The summed E-state index contributed by atoms with van der Waals surface area (Å²) < 4.78 is 0. The molecule has 1 rings (SSSR count). The molecule has 0 fully saturated rings. The zero-order valence-corrected chi connectivity index (χ0v) is 13.4. The second-order valence-corrected chi connectivity index (χ2v) is 7.24. The van der Waals surface area contributed by atoms with Gasteiger partial charge in [0.05, 0.1) is 0 Å². The van der Waals surface area contributed by atoms with Crippen molar-refractivity contribution in [2.24, 2.45) is 11.3 Å². The molecule has 106 valence electrons.